The maximum absolute atomic E-state index is 13.7. The van der Waals surface area contributed by atoms with E-state index < -0.39 is 11.9 Å². The molecule has 0 spiro atoms. The molecule has 30 heavy (non-hydrogen) atoms. The zero-order valence-electron chi connectivity index (χ0n) is 16.3. The molecule has 0 saturated heterocycles. The fourth-order valence-electron chi connectivity index (χ4n) is 3.78. The van der Waals surface area contributed by atoms with E-state index in [1.165, 1.54) is 28.3 Å². The van der Waals surface area contributed by atoms with Crippen molar-refractivity contribution in [3.63, 3.8) is 0 Å². The van der Waals surface area contributed by atoms with Crippen molar-refractivity contribution in [3.05, 3.63) is 95.3 Å². The fraction of sp³-hybridized carbons (Fsp3) is 0.160. The van der Waals surface area contributed by atoms with Crippen molar-refractivity contribution in [2.45, 2.75) is 12.3 Å². The van der Waals surface area contributed by atoms with E-state index in [9.17, 15) is 14.3 Å². The monoisotopic (exact) mass is 403 g/mol. The van der Waals surface area contributed by atoms with Crippen LogP contribution in [0.4, 0.5) is 9.18 Å². The number of phenols is 1. The van der Waals surface area contributed by atoms with Gasteiger partial charge in [0.1, 0.15) is 6.61 Å². The van der Waals surface area contributed by atoms with Crippen molar-refractivity contribution in [3.8, 4) is 16.9 Å². The molecular weight excluding hydrogens is 381 g/mol. The van der Waals surface area contributed by atoms with Crippen molar-refractivity contribution in [2.24, 2.45) is 0 Å². The highest BCUT2D eigenvalue weighted by atomic mass is 19.1. The molecule has 0 aromatic heterocycles. The minimum atomic E-state index is -0.654. The summed E-state index contributed by atoms with van der Waals surface area (Å²) in [6.07, 6.45) is 3.35. The Balaban J connectivity index is 1.28. The molecular formula is C25H22FNO3. The second kappa shape index (κ2) is 8.82. The number of phenolic OH excluding ortho intramolecular Hbond substituents is 1. The zero-order chi connectivity index (χ0) is 20.9. The van der Waals surface area contributed by atoms with Crippen molar-refractivity contribution < 1.29 is 19.0 Å². The lowest BCUT2D eigenvalue weighted by Gasteiger charge is -2.14. The Morgan fingerprint density at radius 1 is 1.00 bits per heavy atom. The number of hydrogen-bond donors (Lipinski definition) is 2. The van der Waals surface area contributed by atoms with Gasteiger partial charge in [0.15, 0.2) is 11.6 Å². The molecule has 0 bridgehead atoms. The van der Waals surface area contributed by atoms with Crippen molar-refractivity contribution in [1.82, 2.24) is 5.32 Å². The minimum Gasteiger partial charge on any atom is -0.505 e. The largest absolute Gasteiger partial charge is 0.505 e. The van der Waals surface area contributed by atoms with Crippen LogP contribution < -0.4 is 5.32 Å². The lowest BCUT2D eigenvalue weighted by molar-refractivity contribution is 0.143. The molecule has 0 saturated carbocycles. The van der Waals surface area contributed by atoms with Crippen LogP contribution in [0.25, 0.3) is 17.2 Å². The number of benzene rings is 3. The van der Waals surface area contributed by atoms with Gasteiger partial charge in [-0.2, -0.15) is 0 Å². The minimum absolute atomic E-state index is 0.0248. The first-order chi connectivity index (χ1) is 14.6. The Labute approximate surface area is 174 Å². The Morgan fingerprint density at radius 3 is 2.37 bits per heavy atom. The first-order valence-corrected chi connectivity index (χ1v) is 9.88. The number of nitrogens with one attached hydrogen (secondary N) is 1. The zero-order valence-corrected chi connectivity index (χ0v) is 16.3. The highest BCUT2D eigenvalue weighted by Gasteiger charge is 2.28. The summed E-state index contributed by atoms with van der Waals surface area (Å²) in [6, 6.07) is 20.8. The summed E-state index contributed by atoms with van der Waals surface area (Å²) in [6.45, 7) is 0.637. The van der Waals surface area contributed by atoms with Crippen LogP contribution in [0.5, 0.6) is 5.75 Å². The summed E-state index contributed by atoms with van der Waals surface area (Å²) < 4.78 is 19.2. The van der Waals surface area contributed by atoms with Gasteiger partial charge in [-0.15, -0.1) is 0 Å². The molecule has 1 aliphatic carbocycles. The van der Waals surface area contributed by atoms with Crippen LogP contribution in [-0.2, 0) is 4.74 Å². The Kier molecular flexibility index (Phi) is 5.80. The highest BCUT2D eigenvalue weighted by Crippen LogP contribution is 2.44. The molecule has 1 amide bonds. The van der Waals surface area contributed by atoms with Gasteiger partial charge in [-0.25, -0.2) is 9.18 Å². The van der Waals surface area contributed by atoms with E-state index in [-0.39, 0.29) is 18.3 Å². The van der Waals surface area contributed by atoms with Gasteiger partial charge in [0.05, 0.1) is 0 Å². The fourth-order valence-corrected chi connectivity index (χ4v) is 3.78. The molecule has 2 N–H and O–H groups in total. The van der Waals surface area contributed by atoms with E-state index in [2.05, 4.69) is 29.6 Å². The number of carbonyl (C=O) groups is 1. The van der Waals surface area contributed by atoms with E-state index in [1.54, 1.807) is 24.3 Å². The second-order valence-electron chi connectivity index (χ2n) is 7.12. The first-order valence-electron chi connectivity index (χ1n) is 9.88. The van der Waals surface area contributed by atoms with E-state index in [1.807, 2.05) is 24.3 Å². The summed E-state index contributed by atoms with van der Waals surface area (Å²) >= 11 is 0. The van der Waals surface area contributed by atoms with Gasteiger partial charge < -0.3 is 15.2 Å². The molecule has 0 aliphatic heterocycles. The Morgan fingerprint density at radius 2 is 1.67 bits per heavy atom. The van der Waals surface area contributed by atoms with Crippen LogP contribution >= 0.6 is 0 Å². The third kappa shape index (κ3) is 4.06. The predicted molar refractivity (Wildman–Crippen MR) is 115 cm³/mol. The number of rotatable bonds is 6. The summed E-state index contributed by atoms with van der Waals surface area (Å²) in [5.74, 6) is -1.01. The normalized spacial score (nSPS) is 12.6. The van der Waals surface area contributed by atoms with Crippen LogP contribution in [0.2, 0.25) is 0 Å². The predicted octanol–water partition coefficient (Wildman–Crippen LogP) is 5.47. The van der Waals surface area contributed by atoms with Gasteiger partial charge in [0, 0.05) is 18.0 Å². The maximum Gasteiger partial charge on any atom is 0.407 e. The molecule has 152 valence electrons. The molecule has 0 radical (unpaired) electrons. The average Bonchev–Trinajstić information content (AvgIpc) is 3.09. The lowest BCUT2D eigenvalue weighted by atomic mass is 9.98. The highest BCUT2D eigenvalue weighted by molar-refractivity contribution is 5.79. The summed E-state index contributed by atoms with van der Waals surface area (Å²) in [4.78, 5) is 12.1. The SMILES string of the molecule is O=C(NCCC=Cc1cccc(O)c1F)OCC1c2ccccc2-c2ccccc21. The first kappa shape index (κ1) is 19.7. The number of fused-ring (bicyclic) bond motifs is 3. The number of carbonyl (C=O) groups excluding carboxylic acids is 1. The van der Waals surface area contributed by atoms with E-state index in [0.29, 0.717) is 18.5 Å². The third-order valence-corrected chi connectivity index (χ3v) is 5.23. The summed E-state index contributed by atoms with van der Waals surface area (Å²) in [5.41, 5.74) is 5.01. The number of halogens is 1. The number of alkyl carbamates (subject to hydrolysis) is 1. The molecule has 3 aromatic rings. The second-order valence-corrected chi connectivity index (χ2v) is 7.12. The number of ether oxygens (including phenoxy) is 1. The van der Waals surface area contributed by atoms with E-state index in [4.69, 9.17) is 4.74 Å². The molecule has 0 atom stereocenters. The smallest absolute Gasteiger partial charge is 0.407 e. The quantitative estimate of drug-likeness (QED) is 0.536. The summed E-state index contributed by atoms with van der Waals surface area (Å²) in [5, 5.41) is 12.1. The van der Waals surface area contributed by atoms with Crippen LogP contribution in [0.15, 0.2) is 72.8 Å². The number of aromatic hydroxyl groups is 1. The Hall–Kier alpha value is -3.60. The van der Waals surface area contributed by atoms with Gasteiger partial charge in [0.25, 0.3) is 0 Å². The van der Waals surface area contributed by atoms with Crippen LogP contribution in [0, 0.1) is 5.82 Å². The number of hydrogen-bond acceptors (Lipinski definition) is 3. The molecule has 4 rings (SSSR count). The number of amides is 1. The molecule has 3 aromatic carbocycles. The topological polar surface area (TPSA) is 58.6 Å². The molecule has 0 fully saturated rings. The molecule has 5 heteroatoms. The lowest BCUT2D eigenvalue weighted by Crippen LogP contribution is -2.26. The standard InChI is InChI=1S/C25H22FNO3/c26-24-17(9-7-14-23(24)28)8-5-6-15-27-25(29)30-16-22-20-12-3-1-10-18(20)19-11-2-4-13-21(19)22/h1-5,7-14,22,28H,6,15-16H2,(H,27,29). The third-order valence-electron chi connectivity index (χ3n) is 5.23. The van der Waals surface area contributed by atoms with Crippen LogP contribution in [0.3, 0.4) is 0 Å². The van der Waals surface area contributed by atoms with E-state index in [0.717, 1.165) is 0 Å². The van der Waals surface area contributed by atoms with E-state index >= 15 is 0 Å². The van der Waals surface area contributed by atoms with Crippen molar-refractivity contribution >= 4 is 12.2 Å². The van der Waals surface area contributed by atoms with Gasteiger partial charge in [-0.1, -0.05) is 72.8 Å². The van der Waals surface area contributed by atoms with Gasteiger partial charge in [0.2, 0.25) is 0 Å². The van der Waals surface area contributed by atoms with Gasteiger partial charge >= 0.3 is 6.09 Å². The summed E-state index contributed by atoms with van der Waals surface area (Å²) in [7, 11) is 0. The average molecular weight is 403 g/mol. The van der Waals surface area contributed by atoms with Crippen molar-refractivity contribution in [1.29, 1.82) is 0 Å². The van der Waals surface area contributed by atoms with Crippen LogP contribution in [-0.4, -0.2) is 24.4 Å². The van der Waals surface area contributed by atoms with Gasteiger partial charge in [-0.05, 0) is 34.7 Å². The van der Waals surface area contributed by atoms with Crippen LogP contribution in [0.1, 0.15) is 29.0 Å². The van der Waals surface area contributed by atoms with Crippen molar-refractivity contribution in [2.75, 3.05) is 13.2 Å². The Bertz CT molecular complexity index is 1050. The molecule has 4 nitrogen and oxygen atoms in total. The molecule has 1 aliphatic rings. The maximum atomic E-state index is 13.7. The molecule has 0 heterocycles. The molecule has 0 unspecified atom stereocenters. The van der Waals surface area contributed by atoms with Gasteiger partial charge in [-0.3, -0.25) is 0 Å².